The Kier molecular flexibility index (Phi) is 7.96. The molecule has 0 aliphatic carbocycles. The Morgan fingerprint density at radius 3 is 2.52 bits per heavy atom. The molecule has 0 saturated heterocycles. The minimum absolute atomic E-state index is 0.0104. The Bertz CT molecular complexity index is 432. The molecule has 2 atom stereocenters. The van der Waals surface area contributed by atoms with Gasteiger partial charge in [0.1, 0.15) is 0 Å². The molecule has 1 aromatic heterocycles. The van der Waals surface area contributed by atoms with Crippen LogP contribution in [0.3, 0.4) is 0 Å². The molecule has 2 unspecified atom stereocenters. The Hall–Kier alpha value is -1.44. The second-order valence-electron chi connectivity index (χ2n) is 4.83. The average Bonchev–Trinajstić information content (AvgIpc) is 2.41. The van der Waals surface area contributed by atoms with Gasteiger partial charge in [-0.3, -0.25) is 4.21 Å². The number of nitrogens with zero attached hydrogens (tertiary/aromatic N) is 3. The van der Waals surface area contributed by atoms with E-state index in [1.165, 1.54) is 0 Å². The van der Waals surface area contributed by atoms with Crippen molar-refractivity contribution < 1.29 is 8.95 Å². The molecule has 0 saturated carbocycles. The van der Waals surface area contributed by atoms with Crippen molar-refractivity contribution in [3.63, 3.8) is 0 Å². The zero-order chi connectivity index (χ0) is 15.7. The molecule has 120 valence electrons. The quantitative estimate of drug-likeness (QED) is 0.678. The van der Waals surface area contributed by atoms with Crippen molar-refractivity contribution in [2.45, 2.75) is 39.7 Å². The SMILES string of the molecule is CCCNc1nc(NC(C)CS(C)=O)nc(OCCC)n1. The predicted octanol–water partition coefficient (Wildman–Crippen LogP) is 1.66. The van der Waals surface area contributed by atoms with Crippen LogP contribution in [0.1, 0.15) is 33.6 Å². The molecule has 0 fully saturated rings. The van der Waals surface area contributed by atoms with Crippen molar-refractivity contribution in [2.24, 2.45) is 0 Å². The van der Waals surface area contributed by atoms with E-state index in [0.717, 1.165) is 19.4 Å². The van der Waals surface area contributed by atoms with Gasteiger partial charge in [-0.1, -0.05) is 13.8 Å². The summed E-state index contributed by atoms with van der Waals surface area (Å²) in [6, 6.07) is 0.314. The molecule has 2 N–H and O–H groups in total. The van der Waals surface area contributed by atoms with E-state index in [9.17, 15) is 4.21 Å². The van der Waals surface area contributed by atoms with E-state index in [1.54, 1.807) is 6.26 Å². The highest BCUT2D eigenvalue weighted by Crippen LogP contribution is 2.12. The number of hydrogen-bond acceptors (Lipinski definition) is 7. The van der Waals surface area contributed by atoms with E-state index in [1.807, 2.05) is 13.8 Å². The number of rotatable bonds is 10. The third kappa shape index (κ3) is 7.22. The third-order valence-corrected chi connectivity index (χ3v) is 3.41. The summed E-state index contributed by atoms with van der Waals surface area (Å²) in [7, 11) is -0.870. The molecule has 0 aromatic carbocycles. The molecular formula is C13H25N5O2S. The minimum Gasteiger partial charge on any atom is -0.463 e. The maximum atomic E-state index is 11.2. The highest BCUT2D eigenvalue weighted by Gasteiger charge is 2.11. The van der Waals surface area contributed by atoms with Crippen molar-refractivity contribution in [2.75, 3.05) is 35.8 Å². The van der Waals surface area contributed by atoms with Gasteiger partial charge in [-0.05, 0) is 19.8 Å². The van der Waals surface area contributed by atoms with Gasteiger partial charge in [-0.25, -0.2) is 0 Å². The minimum atomic E-state index is -0.870. The van der Waals surface area contributed by atoms with Crippen molar-refractivity contribution in [1.82, 2.24) is 15.0 Å². The summed E-state index contributed by atoms with van der Waals surface area (Å²) in [6.07, 6.45) is 3.54. The van der Waals surface area contributed by atoms with E-state index in [2.05, 4.69) is 32.5 Å². The molecule has 7 nitrogen and oxygen atoms in total. The monoisotopic (exact) mass is 315 g/mol. The summed E-state index contributed by atoms with van der Waals surface area (Å²) < 4.78 is 16.7. The molecule has 0 aliphatic heterocycles. The second kappa shape index (κ2) is 9.49. The number of ether oxygens (including phenoxy) is 1. The van der Waals surface area contributed by atoms with Gasteiger partial charge in [0.15, 0.2) is 0 Å². The Morgan fingerprint density at radius 2 is 1.90 bits per heavy atom. The number of aromatic nitrogens is 3. The van der Waals surface area contributed by atoms with E-state index in [0.29, 0.717) is 30.3 Å². The molecule has 21 heavy (non-hydrogen) atoms. The fourth-order valence-corrected chi connectivity index (χ4v) is 2.40. The first-order valence-electron chi connectivity index (χ1n) is 7.24. The van der Waals surface area contributed by atoms with Crippen LogP contribution in [0.4, 0.5) is 11.9 Å². The lowest BCUT2D eigenvalue weighted by molar-refractivity contribution is 0.292. The summed E-state index contributed by atoms with van der Waals surface area (Å²) in [6.45, 7) is 7.38. The van der Waals surface area contributed by atoms with Crippen LogP contribution in [-0.2, 0) is 10.8 Å². The summed E-state index contributed by atoms with van der Waals surface area (Å²) in [5, 5.41) is 6.25. The van der Waals surface area contributed by atoms with Crippen LogP contribution in [0.15, 0.2) is 0 Å². The largest absolute Gasteiger partial charge is 0.463 e. The zero-order valence-corrected chi connectivity index (χ0v) is 14.0. The maximum Gasteiger partial charge on any atom is 0.323 e. The molecule has 1 heterocycles. The van der Waals surface area contributed by atoms with Gasteiger partial charge in [-0.15, -0.1) is 0 Å². The Balaban J connectivity index is 2.81. The Morgan fingerprint density at radius 1 is 1.19 bits per heavy atom. The normalized spacial score (nSPS) is 13.5. The number of nitrogens with one attached hydrogen (secondary N) is 2. The molecule has 0 bridgehead atoms. The molecule has 0 amide bonds. The van der Waals surface area contributed by atoms with Gasteiger partial charge >= 0.3 is 6.01 Å². The second-order valence-corrected chi connectivity index (χ2v) is 6.31. The van der Waals surface area contributed by atoms with Gasteiger partial charge in [0, 0.05) is 35.4 Å². The van der Waals surface area contributed by atoms with Gasteiger partial charge in [0.05, 0.1) is 6.61 Å². The van der Waals surface area contributed by atoms with Crippen molar-refractivity contribution in [3.05, 3.63) is 0 Å². The third-order valence-electron chi connectivity index (χ3n) is 2.44. The van der Waals surface area contributed by atoms with Gasteiger partial charge in [0.25, 0.3) is 0 Å². The molecule has 0 radical (unpaired) electrons. The fraction of sp³-hybridized carbons (Fsp3) is 0.769. The van der Waals surface area contributed by atoms with Crippen LogP contribution in [0.5, 0.6) is 6.01 Å². The molecule has 8 heteroatoms. The predicted molar refractivity (Wildman–Crippen MR) is 86.4 cm³/mol. The molecule has 1 rings (SSSR count). The summed E-state index contributed by atoms with van der Waals surface area (Å²) in [5.74, 6) is 1.46. The zero-order valence-electron chi connectivity index (χ0n) is 13.2. The first-order valence-corrected chi connectivity index (χ1v) is 8.97. The van der Waals surface area contributed by atoms with Crippen molar-refractivity contribution >= 4 is 22.7 Å². The molecule has 1 aromatic rings. The lowest BCUT2D eigenvalue weighted by Crippen LogP contribution is -2.24. The lowest BCUT2D eigenvalue weighted by atomic mass is 10.4. The van der Waals surface area contributed by atoms with Crippen LogP contribution in [0.2, 0.25) is 0 Å². The van der Waals surface area contributed by atoms with Gasteiger partial charge in [-0.2, -0.15) is 15.0 Å². The smallest absolute Gasteiger partial charge is 0.323 e. The number of hydrogen-bond donors (Lipinski definition) is 2. The van der Waals surface area contributed by atoms with Crippen LogP contribution in [-0.4, -0.2) is 50.4 Å². The Labute approximate surface area is 128 Å². The molecular weight excluding hydrogens is 290 g/mol. The van der Waals surface area contributed by atoms with E-state index in [4.69, 9.17) is 4.74 Å². The summed E-state index contributed by atoms with van der Waals surface area (Å²) in [5.41, 5.74) is 0. The number of anilines is 2. The fourth-order valence-electron chi connectivity index (χ4n) is 1.61. The lowest BCUT2D eigenvalue weighted by Gasteiger charge is -2.14. The first kappa shape index (κ1) is 17.6. The summed E-state index contributed by atoms with van der Waals surface area (Å²) >= 11 is 0. The van der Waals surface area contributed by atoms with Gasteiger partial charge < -0.3 is 15.4 Å². The van der Waals surface area contributed by atoms with Crippen LogP contribution >= 0.6 is 0 Å². The van der Waals surface area contributed by atoms with Gasteiger partial charge in [0.2, 0.25) is 11.9 Å². The highest BCUT2D eigenvalue weighted by atomic mass is 32.2. The first-order chi connectivity index (χ1) is 10.0. The highest BCUT2D eigenvalue weighted by molar-refractivity contribution is 7.84. The van der Waals surface area contributed by atoms with Crippen molar-refractivity contribution in [1.29, 1.82) is 0 Å². The van der Waals surface area contributed by atoms with Crippen molar-refractivity contribution in [3.8, 4) is 6.01 Å². The van der Waals surface area contributed by atoms with E-state index < -0.39 is 10.8 Å². The van der Waals surface area contributed by atoms with Crippen LogP contribution < -0.4 is 15.4 Å². The summed E-state index contributed by atoms with van der Waals surface area (Å²) in [4.78, 5) is 12.8. The van der Waals surface area contributed by atoms with E-state index >= 15 is 0 Å². The topological polar surface area (TPSA) is 89.0 Å². The van der Waals surface area contributed by atoms with Crippen LogP contribution in [0, 0.1) is 0 Å². The van der Waals surface area contributed by atoms with Crippen LogP contribution in [0.25, 0.3) is 0 Å². The molecule has 0 spiro atoms. The van der Waals surface area contributed by atoms with E-state index in [-0.39, 0.29) is 6.04 Å². The average molecular weight is 315 g/mol. The standard InChI is InChI=1S/C13H25N5O2S/c1-5-7-14-11-16-12(15-10(3)9-21(4)19)18-13(17-11)20-8-6-2/h10H,5-9H2,1-4H3,(H2,14,15,16,17,18). The molecule has 0 aliphatic rings. The maximum absolute atomic E-state index is 11.2.